The van der Waals surface area contributed by atoms with Crippen LogP contribution in [0.5, 0.6) is 0 Å². The molecule has 0 aliphatic heterocycles. The molecule has 0 fully saturated rings. The van der Waals surface area contributed by atoms with Gasteiger partial charge in [0.2, 0.25) is 5.28 Å². The van der Waals surface area contributed by atoms with E-state index in [2.05, 4.69) is 35.1 Å². The zero-order valence-corrected chi connectivity index (χ0v) is 8.97. The summed E-state index contributed by atoms with van der Waals surface area (Å²) in [6.07, 6.45) is 5.65. The fourth-order valence-corrected chi connectivity index (χ4v) is 1.31. The van der Waals surface area contributed by atoms with E-state index in [1.807, 2.05) is 0 Å². The van der Waals surface area contributed by atoms with Gasteiger partial charge in [-0.05, 0) is 11.6 Å². The average molecular weight is 250 g/mol. The van der Waals surface area contributed by atoms with Crippen LogP contribution in [0.2, 0.25) is 5.28 Å². The maximum absolute atomic E-state index is 5.80. The van der Waals surface area contributed by atoms with Gasteiger partial charge in [-0.3, -0.25) is 0 Å². The molecule has 0 atom stereocenters. The molecule has 3 aromatic heterocycles. The molecular weight excluding hydrogens is 246 g/mol. The van der Waals surface area contributed by atoms with Gasteiger partial charge < -0.3 is 0 Å². The Labute approximate surface area is 99.2 Å². The third-order valence-corrected chi connectivity index (χ3v) is 2.00. The third-order valence-electron chi connectivity index (χ3n) is 1.83. The predicted molar refractivity (Wildman–Crippen MR) is 54.7 cm³/mol. The van der Waals surface area contributed by atoms with Crippen molar-refractivity contribution in [3.8, 4) is 11.9 Å². The number of halogens is 1. The summed E-state index contributed by atoms with van der Waals surface area (Å²) in [7, 11) is 0. The Hall–Kier alpha value is -2.42. The van der Waals surface area contributed by atoms with Crippen molar-refractivity contribution in [3.63, 3.8) is 0 Å². The van der Waals surface area contributed by atoms with Crippen LogP contribution >= 0.6 is 11.6 Å². The van der Waals surface area contributed by atoms with E-state index in [0.29, 0.717) is 0 Å². The topological polar surface area (TPSA) is 100 Å². The second kappa shape index (κ2) is 3.87. The van der Waals surface area contributed by atoms with Crippen LogP contribution in [-0.4, -0.2) is 44.5 Å². The zero-order chi connectivity index (χ0) is 11.7. The van der Waals surface area contributed by atoms with Crippen molar-refractivity contribution in [1.82, 2.24) is 44.5 Å². The van der Waals surface area contributed by atoms with Gasteiger partial charge in [-0.2, -0.15) is 34.5 Å². The van der Waals surface area contributed by atoms with Crippen molar-refractivity contribution in [3.05, 3.63) is 30.6 Å². The van der Waals surface area contributed by atoms with E-state index in [4.69, 9.17) is 11.6 Å². The monoisotopic (exact) mass is 249 g/mol. The first-order valence-electron chi connectivity index (χ1n) is 4.44. The minimum absolute atomic E-state index is 0.0380. The lowest BCUT2D eigenvalue weighted by atomic mass is 10.8. The van der Waals surface area contributed by atoms with Gasteiger partial charge in [-0.15, -0.1) is 0 Å². The van der Waals surface area contributed by atoms with Gasteiger partial charge >= 0.3 is 0 Å². The quantitative estimate of drug-likeness (QED) is 0.614. The summed E-state index contributed by atoms with van der Waals surface area (Å²) in [5, 5.41) is 7.84. The van der Waals surface area contributed by atoms with E-state index in [0.717, 1.165) is 0 Å². The molecule has 9 nitrogen and oxygen atoms in total. The predicted octanol–water partition coefficient (Wildman–Crippen LogP) is -0.314. The number of hydrogen-bond acceptors (Lipinski definition) is 7. The first-order valence-corrected chi connectivity index (χ1v) is 4.82. The highest BCUT2D eigenvalue weighted by molar-refractivity contribution is 6.28. The van der Waals surface area contributed by atoms with Crippen LogP contribution in [0.15, 0.2) is 25.3 Å². The molecule has 0 N–H and O–H groups in total. The minimum atomic E-state index is 0.0380. The summed E-state index contributed by atoms with van der Waals surface area (Å²) in [6, 6.07) is 0. The normalized spacial score (nSPS) is 10.6. The van der Waals surface area contributed by atoms with E-state index in [1.165, 1.54) is 34.7 Å². The third kappa shape index (κ3) is 1.83. The zero-order valence-electron chi connectivity index (χ0n) is 8.21. The van der Waals surface area contributed by atoms with Gasteiger partial charge in [0.25, 0.3) is 11.9 Å². The molecule has 0 spiro atoms. The second-order valence-electron chi connectivity index (χ2n) is 2.88. The molecule has 0 aliphatic rings. The molecule has 0 aromatic carbocycles. The Morgan fingerprint density at radius 3 is 1.76 bits per heavy atom. The van der Waals surface area contributed by atoms with Crippen LogP contribution < -0.4 is 0 Å². The lowest BCUT2D eigenvalue weighted by Crippen LogP contribution is -2.09. The first kappa shape index (κ1) is 9.78. The van der Waals surface area contributed by atoms with E-state index in [-0.39, 0.29) is 17.2 Å². The molecule has 17 heavy (non-hydrogen) atoms. The molecule has 0 unspecified atom stereocenters. The van der Waals surface area contributed by atoms with Crippen molar-refractivity contribution in [1.29, 1.82) is 0 Å². The summed E-state index contributed by atoms with van der Waals surface area (Å²) in [5.41, 5.74) is 0. The van der Waals surface area contributed by atoms with Crippen LogP contribution in [0.4, 0.5) is 0 Å². The molecule has 10 heteroatoms. The van der Waals surface area contributed by atoms with Gasteiger partial charge in [-0.1, -0.05) is 0 Å². The van der Waals surface area contributed by atoms with Crippen LogP contribution in [0.1, 0.15) is 0 Å². The number of rotatable bonds is 2. The van der Waals surface area contributed by atoms with Crippen molar-refractivity contribution < 1.29 is 0 Å². The van der Waals surface area contributed by atoms with Crippen molar-refractivity contribution in [2.75, 3.05) is 0 Å². The highest BCUT2D eigenvalue weighted by Gasteiger charge is 2.09. The Morgan fingerprint density at radius 2 is 1.35 bits per heavy atom. The van der Waals surface area contributed by atoms with Crippen LogP contribution in [0.25, 0.3) is 11.9 Å². The summed E-state index contributed by atoms with van der Waals surface area (Å²) in [6.45, 7) is 0. The Bertz CT molecular complexity index is 564. The Balaban J connectivity index is 2.13. The van der Waals surface area contributed by atoms with E-state index in [9.17, 15) is 0 Å². The van der Waals surface area contributed by atoms with Crippen molar-refractivity contribution in [2.24, 2.45) is 0 Å². The Kier molecular flexibility index (Phi) is 2.22. The molecule has 0 amide bonds. The molecule has 0 saturated heterocycles. The number of hydrogen-bond donors (Lipinski definition) is 0. The highest BCUT2D eigenvalue weighted by atomic mass is 35.5. The van der Waals surface area contributed by atoms with E-state index in [1.54, 1.807) is 0 Å². The maximum Gasteiger partial charge on any atom is 0.258 e. The van der Waals surface area contributed by atoms with Crippen LogP contribution in [0, 0.1) is 0 Å². The van der Waals surface area contributed by atoms with E-state index < -0.39 is 0 Å². The van der Waals surface area contributed by atoms with Crippen LogP contribution in [0.3, 0.4) is 0 Å². The molecule has 3 aromatic rings. The maximum atomic E-state index is 5.80. The van der Waals surface area contributed by atoms with Crippen molar-refractivity contribution >= 4 is 11.6 Å². The lowest BCUT2D eigenvalue weighted by molar-refractivity contribution is 0.742. The summed E-state index contributed by atoms with van der Waals surface area (Å²) >= 11 is 5.80. The number of aromatic nitrogens is 9. The minimum Gasteiger partial charge on any atom is -0.223 e. The van der Waals surface area contributed by atoms with Crippen molar-refractivity contribution in [2.45, 2.75) is 0 Å². The van der Waals surface area contributed by atoms with Gasteiger partial charge in [0.05, 0.1) is 0 Å². The highest BCUT2D eigenvalue weighted by Crippen LogP contribution is 2.07. The Morgan fingerprint density at radius 1 is 0.824 bits per heavy atom. The largest absolute Gasteiger partial charge is 0.258 e. The molecule has 0 bridgehead atoms. The molecule has 3 heterocycles. The lowest BCUT2D eigenvalue weighted by Gasteiger charge is -2.02. The fraction of sp³-hybridized carbons (Fsp3) is 0. The van der Waals surface area contributed by atoms with Gasteiger partial charge in [-0.25, -0.2) is 9.97 Å². The van der Waals surface area contributed by atoms with Gasteiger partial charge in [0.15, 0.2) is 0 Å². The standard InChI is InChI=1S/C7H4ClN9/c8-5-13-6(16-3-9-1-11-16)15-7(14-5)17-4-10-2-12-17/h1-4H. The fourth-order valence-electron chi connectivity index (χ4n) is 1.16. The number of nitrogens with zero attached hydrogens (tertiary/aromatic N) is 9. The molecule has 0 radical (unpaired) electrons. The molecule has 3 rings (SSSR count). The molecular formula is C7H4ClN9. The average Bonchev–Trinajstić information content (AvgIpc) is 3.02. The SMILES string of the molecule is Clc1nc(-n2cncn2)nc(-n2cncn2)n1. The summed E-state index contributed by atoms with van der Waals surface area (Å²) in [5.74, 6) is 0.515. The molecule has 84 valence electrons. The summed E-state index contributed by atoms with van der Waals surface area (Å²) < 4.78 is 2.74. The second-order valence-corrected chi connectivity index (χ2v) is 3.22. The van der Waals surface area contributed by atoms with E-state index >= 15 is 0 Å². The summed E-state index contributed by atoms with van der Waals surface area (Å²) in [4.78, 5) is 19.6. The van der Waals surface area contributed by atoms with Crippen LogP contribution in [-0.2, 0) is 0 Å². The first-order chi connectivity index (χ1) is 8.33. The molecule has 0 saturated carbocycles. The smallest absolute Gasteiger partial charge is 0.223 e. The van der Waals surface area contributed by atoms with Gasteiger partial charge in [0, 0.05) is 0 Å². The molecule has 0 aliphatic carbocycles. The van der Waals surface area contributed by atoms with Gasteiger partial charge in [0.1, 0.15) is 25.3 Å².